The Kier molecular flexibility index (Phi) is 8.54. The Labute approximate surface area is 266 Å². The van der Waals surface area contributed by atoms with Crippen LogP contribution in [0.1, 0.15) is 62.6 Å². The van der Waals surface area contributed by atoms with Gasteiger partial charge in [-0.05, 0) is 110 Å². The molecule has 45 heavy (non-hydrogen) atoms. The van der Waals surface area contributed by atoms with E-state index in [0.717, 1.165) is 60.8 Å². The fourth-order valence-corrected chi connectivity index (χ4v) is 9.08. The van der Waals surface area contributed by atoms with Crippen molar-refractivity contribution in [3.8, 4) is 17.1 Å². The van der Waals surface area contributed by atoms with Crippen LogP contribution in [-0.4, -0.2) is 44.2 Å². The van der Waals surface area contributed by atoms with Crippen LogP contribution in [-0.2, 0) is 21.2 Å². The summed E-state index contributed by atoms with van der Waals surface area (Å²) in [5, 5.41) is 2.95. The molecule has 1 spiro atoms. The summed E-state index contributed by atoms with van der Waals surface area (Å²) < 4.78 is 41.2. The smallest absolute Gasteiger partial charge is 0.407 e. The highest BCUT2D eigenvalue weighted by Gasteiger charge is 2.55. The highest BCUT2D eigenvalue weighted by molar-refractivity contribution is 7.92. The van der Waals surface area contributed by atoms with Gasteiger partial charge in [0.1, 0.15) is 0 Å². The van der Waals surface area contributed by atoms with E-state index in [2.05, 4.69) is 33.9 Å². The molecule has 3 aliphatic rings. The van der Waals surface area contributed by atoms with Gasteiger partial charge in [-0.3, -0.25) is 0 Å². The average Bonchev–Trinajstić information content (AvgIpc) is 2.94. The lowest BCUT2D eigenvalue weighted by Gasteiger charge is -2.60. The second-order valence-corrected chi connectivity index (χ2v) is 15.6. The average molecular weight is 633 g/mol. The summed E-state index contributed by atoms with van der Waals surface area (Å²) in [7, 11) is -2.55. The van der Waals surface area contributed by atoms with Gasteiger partial charge in [0.2, 0.25) is 11.8 Å². The Hall–Kier alpha value is -3.66. The third-order valence-corrected chi connectivity index (χ3v) is 11.4. The number of anilines is 1. The molecule has 2 aromatic carbocycles. The second kappa shape index (κ2) is 12.3. The zero-order chi connectivity index (χ0) is 31.9. The molecule has 10 heteroatoms. The molecule has 1 aromatic heterocycles. The zero-order valence-electron chi connectivity index (χ0n) is 26.8. The third-order valence-electron chi connectivity index (χ3n) is 10.0. The van der Waals surface area contributed by atoms with E-state index in [1.165, 1.54) is 7.11 Å². The molecule has 2 N–H and O–H groups in total. The lowest BCUT2D eigenvalue weighted by molar-refractivity contribution is -0.0838. The number of fused-ring (bicyclic) bond motifs is 4. The van der Waals surface area contributed by atoms with E-state index >= 15 is 0 Å². The minimum absolute atomic E-state index is 0.00667. The number of aryl methyl sites for hydroxylation is 2. The van der Waals surface area contributed by atoms with Gasteiger partial charge in [0.05, 0.1) is 24.3 Å². The van der Waals surface area contributed by atoms with Gasteiger partial charge < -0.3 is 14.8 Å². The second-order valence-electron chi connectivity index (χ2n) is 13.9. The largest absolute Gasteiger partial charge is 0.477 e. The number of carbonyl (C=O) groups is 1. The van der Waals surface area contributed by atoms with Crippen LogP contribution in [0.25, 0.3) is 11.3 Å². The van der Waals surface area contributed by atoms with Crippen LogP contribution >= 0.6 is 0 Å². The maximum absolute atomic E-state index is 13.6. The minimum Gasteiger partial charge on any atom is -0.477 e. The molecule has 2 atom stereocenters. The Bertz CT molecular complexity index is 1660. The molecular weight excluding hydrogens is 588 g/mol. The summed E-state index contributed by atoms with van der Waals surface area (Å²) in [5.41, 5.74) is 4.90. The Morgan fingerprint density at radius 2 is 1.78 bits per heavy atom. The third kappa shape index (κ3) is 6.66. The number of amides is 1. The van der Waals surface area contributed by atoms with Crippen LogP contribution in [0.4, 0.5) is 10.7 Å². The van der Waals surface area contributed by atoms with Crippen molar-refractivity contribution in [2.24, 2.45) is 29.1 Å². The number of rotatable bonds is 5. The number of hydrogen-bond acceptors (Lipinski definition) is 7. The molecule has 6 rings (SSSR count). The van der Waals surface area contributed by atoms with Crippen molar-refractivity contribution in [3.63, 3.8) is 0 Å². The number of sulfonamides is 1. The van der Waals surface area contributed by atoms with Crippen molar-refractivity contribution in [1.82, 2.24) is 15.3 Å². The van der Waals surface area contributed by atoms with Crippen molar-refractivity contribution in [2.45, 2.75) is 77.2 Å². The maximum Gasteiger partial charge on any atom is 0.407 e. The van der Waals surface area contributed by atoms with Crippen molar-refractivity contribution < 1.29 is 22.7 Å². The van der Waals surface area contributed by atoms with E-state index in [1.54, 1.807) is 12.1 Å². The molecule has 240 valence electrons. The molecule has 0 saturated heterocycles. The highest BCUT2D eigenvalue weighted by Crippen LogP contribution is 2.62. The first-order valence-electron chi connectivity index (χ1n) is 16.0. The number of ether oxygens (including phenoxy) is 2. The van der Waals surface area contributed by atoms with Gasteiger partial charge >= 0.3 is 6.09 Å². The molecule has 1 amide bonds. The van der Waals surface area contributed by atoms with Crippen LogP contribution in [0.3, 0.4) is 0 Å². The predicted octanol–water partition coefficient (Wildman–Crippen LogP) is 6.69. The van der Waals surface area contributed by atoms with E-state index < -0.39 is 10.0 Å². The summed E-state index contributed by atoms with van der Waals surface area (Å²) in [6.45, 7) is 9.01. The van der Waals surface area contributed by atoms with Gasteiger partial charge in [0.15, 0.2) is 0 Å². The van der Waals surface area contributed by atoms with Crippen LogP contribution < -0.4 is 14.8 Å². The number of nitrogens with one attached hydrogen (secondary N) is 2. The maximum atomic E-state index is 13.6. The summed E-state index contributed by atoms with van der Waals surface area (Å²) in [4.78, 5) is 21.1. The number of aromatic nitrogens is 2. The monoisotopic (exact) mass is 632 g/mol. The quantitative estimate of drug-likeness (QED) is 0.322. The van der Waals surface area contributed by atoms with Gasteiger partial charge in [0, 0.05) is 17.7 Å². The standard InChI is InChI=1S/C35H44N4O5S/c1-21(2)12-25-20-44-31-15-30(32-22(3)8-6-9-23(32)4)37-33(38-31)39-45(41,42)28-11-7-10-24(13-28)14-29(25)26-16-35(17-26)18-27(19-35)36-34(40)43-5/h6-11,13,15,21,25-27,29H,12,14,16-20H2,1-5H3,(H,36,40)(H,37,38,39)/t25-,26?,27?,29?,35?/m1/s1. The zero-order valence-corrected chi connectivity index (χ0v) is 27.6. The topological polar surface area (TPSA) is 120 Å². The molecule has 2 aliphatic carbocycles. The number of hydrogen-bond donors (Lipinski definition) is 2. The van der Waals surface area contributed by atoms with Gasteiger partial charge in [-0.25, -0.2) is 22.9 Å². The van der Waals surface area contributed by atoms with E-state index in [4.69, 9.17) is 9.47 Å². The molecule has 9 nitrogen and oxygen atoms in total. The molecular formula is C35H44N4O5S. The van der Waals surface area contributed by atoms with E-state index in [9.17, 15) is 13.2 Å². The summed E-state index contributed by atoms with van der Waals surface area (Å²) >= 11 is 0. The minimum atomic E-state index is -3.95. The summed E-state index contributed by atoms with van der Waals surface area (Å²) in [6.07, 6.45) is 5.53. The molecule has 3 aromatic rings. The normalized spacial score (nSPS) is 27.0. The molecule has 1 unspecified atom stereocenters. The number of alkyl carbamates (subject to hydrolysis) is 1. The fraction of sp³-hybridized carbons (Fsp3) is 0.514. The van der Waals surface area contributed by atoms with Crippen LogP contribution in [0.15, 0.2) is 53.4 Å². The number of nitrogens with zero attached hydrogens (tertiary/aromatic N) is 2. The van der Waals surface area contributed by atoms with Crippen molar-refractivity contribution in [1.29, 1.82) is 0 Å². The predicted molar refractivity (Wildman–Crippen MR) is 174 cm³/mol. The van der Waals surface area contributed by atoms with E-state index in [1.807, 2.05) is 50.2 Å². The summed E-state index contributed by atoms with van der Waals surface area (Å²) in [5.74, 6) is 1.84. The van der Waals surface area contributed by atoms with Crippen molar-refractivity contribution in [3.05, 3.63) is 65.2 Å². The Morgan fingerprint density at radius 1 is 1.07 bits per heavy atom. The first kappa shape index (κ1) is 31.3. The molecule has 2 fully saturated rings. The van der Waals surface area contributed by atoms with Crippen LogP contribution in [0.5, 0.6) is 5.88 Å². The van der Waals surface area contributed by atoms with Gasteiger partial charge in [-0.15, -0.1) is 0 Å². The molecule has 0 radical (unpaired) electrons. The first-order chi connectivity index (χ1) is 21.4. The van der Waals surface area contributed by atoms with E-state index in [-0.39, 0.29) is 34.3 Å². The molecule has 2 saturated carbocycles. The van der Waals surface area contributed by atoms with Crippen molar-refractivity contribution in [2.75, 3.05) is 18.4 Å². The lowest BCUT2D eigenvalue weighted by atomic mass is 9.46. The number of benzene rings is 2. The lowest BCUT2D eigenvalue weighted by Crippen LogP contribution is -2.58. The van der Waals surface area contributed by atoms with Crippen LogP contribution in [0.2, 0.25) is 0 Å². The van der Waals surface area contributed by atoms with Crippen LogP contribution in [0, 0.1) is 42.9 Å². The molecule has 1 aliphatic heterocycles. The van der Waals surface area contributed by atoms with Crippen molar-refractivity contribution >= 4 is 22.1 Å². The van der Waals surface area contributed by atoms with Gasteiger partial charge in [-0.2, -0.15) is 4.98 Å². The Balaban J connectivity index is 1.35. The number of carbonyl (C=O) groups excluding carboxylic acids is 1. The SMILES string of the molecule is COC(=O)NC1CC2(C1)CC(C1Cc3cccc(c3)S(=O)(=O)Nc3nc(cc(-c4c(C)cccc4C)n3)OC[C@H]1CC(C)C)C2. The fourth-order valence-electron chi connectivity index (χ4n) is 8.07. The number of methoxy groups -OCH3 is 1. The summed E-state index contributed by atoms with van der Waals surface area (Å²) in [6, 6.07) is 15.3. The Morgan fingerprint density at radius 3 is 2.47 bits per heavy atom. The highest BCUT2D eigenvalue weighted by atomic mass is 32.2. The van der Waals surface area contributed by atoms with Gasteiger partial charge in [0.25, 0.3) is 10.0 Å². The van der Waals surface area contributed by atoms with Gasteiger partial charge in [-0.1, -0.05) is 44.2 Å². The molecule has 4 bridgehead atoms. The van der Waals surface area contributed by atoms with E-state index in [0.29, 0.717) is 35.9 Å². The molecule has 2 heterocycles. The first-order valence-corrected chi connectivity index (χ1v) is 17.5.